The largest absolute Gasteiger partial charge is 0.369 e. The molecule has 2 rings (SSSR count). The molecule has 2 aromatic heterocycles. The van der Waals surface area contributed by atoms with E-state index >= 15 is 0 Å². The molecule has 2 aromatic rings. The molecule has 0 aliphatic heterocycles. The molecule has 84 valence electrons. The van der Waals surface area contributed by atoms with E-state index in [1.165, 1.54) is 0 Å². The molecule has 16 heavy (non-hydrogen) atoms. The van der Waals surface area contributed by atoms with E-state index in [0.717, 1.165) is 11.0 Å². The second-order valence-corrected chi connectivity index (χ2v) is 3.25. The van der Waals surface area contributed by atoms with Gasteiger partial charge in [0, 0.05) is 0 Å². The van der Waals surface area contributed by atoms with E-state index in [0.29, 0.717) is 5.52 Å². The second-order valence-electron chi connectivity index (χ2n) is 2.84. The third-order valence-electron chi connectivity index (χ3n) is 1.81. The van der Waals surface area contributed by atoms with E-state index in [9.17, 15) is 10.0 Å². The average Bonchev–Trinajstić information content (AvgIpc) is 2.60. The Hall–Kier alpha value is -2.20. The monoisotopic (exact) mass is 241 g/mol. The number of aromatic nitrogens is 4. The number of fused-ring (bicyclic) bond motifs is 1. The molecule has 0 bridgehead atoms. The van der Waals surface area contributed by atoms with Gasteiger partial charge in [0.1, 0.15) is 16.5 Å². The van der Waals surface area contributed by atoms with E-state index < -0.39 is 6.03 Å². The van der Waals surface area contributed by atoms with Gasteiger partial charge in [0.05, 0.1) is 0 Å². The molecule has 0 unspecified atom stereocenters. The number of carbonyl (C=O) groups excluding carboxylic acids is 1. The van der Waals surface area contributed by atoms with Crippen molar-refractivity contribution in [1.29, 1.82) is 0 Å². The summed E-state index contributed by atoms with van der Waals surface area (Å²) in [5.41, 5.74) is 10.8. The quantitative estimate of drug-likeness (QED) is 0.301. The Bertz CT molecular complexity index is 617. The van der Waals surface area contributed by atoms with Crippen molar-refractivity contribution in [2.24, 2.45) is 5.73 Å². The van der Waals surface area contributed by atoms with Gasteiger partial charge < -0.3 is 16.5 Å². The Kier molecular flexibility index (Phi) is 2.21. The summed E-state index contributed by atoms with van der Waals surface area (Å²) in [6.45, 7) is 0. The minimum absolute atomic E-state index is 0.0390. The van der Waals surface area contributed by atoms with Gasteiger partial charge in [-0.2, -0.15) is 9.66 Å². The van der Waals surface area contributed by atoms with Gasteiger partial charge >= 0.3 is 6.03 Å². The average molecular weight is 241 g/mol. The van der Waals surface area contributed by atoms with Crippen LogP contribution in [0.2, 0.25) is 0 Å². The molecule has 9 nitrogen and oxygen atoms in total. The van der Waals surface area contributed by atoms with E-state index in [1.54, 1.807) is 0 Å². The number of anilines is 1. The maximum atomic E-state index is 10.8. The van der Waals surface area contributed by atoms with E-state index in [4.69, 9.17) is 23.7 Å². The summed E-state index contributed by atoms with van der Waals surface area (Å²) in [7, 11) is 0. The first-order chi connectivity index (χ1) is 7.50. The number of amides is 2. The predicted octanol–water partition coefficient (Wildman–Crippen LogP) is -0.523. The summed E-state index contributed by atoms with van der Waals surface area (Å²) in [5.74, 6) is 0.0390. The molecule has 0 spiro atoms. The minimum Gasteiger partial charge on any atom is -0.369 e. The van der Waals surface area contributed by atoms with Crippen molar-refractivity contribution in [3.05, 3.63) is 11.0 Å². The smallest absolute Gasteiger partial charge is 0.359 e. The van der Waals surface area contributed by atoms with Crippen LogP contribution < -0.4 is 16.6 Å². The lowest BCUT2D eigenvalue weighted by atomic mass is 10.5. The molecule has 0 aliphatic rings. The van der Waals surface area contributed by atoms with Gasteiger partial charge in [-0.15, -0.1) is 0 Å². The molecule has 2 amide bonds. The molecule has 0 saturated heterocycles. The number of nitrogens with two attached hydrogens (primary N) is 2. The van der Waals surface area contributed by atoms with Crippen molar-refractivity contribution in [1.82, 2.24) is 19.6 Å². The molecule has 0 aliphatic carbocycles. The summed E-state index contributed by atoms with van der Waals surface area (Å²) in [4.78, 5) is 21.1. The first kappa shape index (κ1) is 10.3. The Balaban J connectivity index is 2.74. The first-order valence-corrected chi connectivity index (χ1v) is 4.43. The number of H-pyrrole nitrogens is 1. The molecule has 6 N–H and O–H groups in total. The summed E-state index contributed by atoms with van der Waals surface area (Å²) in [6.07, 6.45) is 1.14. The number of primary amides is 1. The number of hydrogen-bond acceptors (Lipinski definition) is 6. The zero-order valence-electron chi connectivity index (χ0n) is 7.78. The van der Waals surface area contributed by atoms with Crippen LogP contribution in [0.5, 0.6) is 0 Å². The Morgan fingerprint density at radius 3 is 3.00 bits per heavy atom. The highest BCUT2D eigenvalue weighted by Crippen LogP contribution is 2.11. The fourth-order valence-corrected chi connectivity index (χ4v) is 1.41. The van der Waals surface area contributed by atoms with Crippen molar-refractivity contribution in [3.8, 4) is 0 Å². The lowest BCUT2D eigenvalue weighted by Crippen LogP contribution is -2.40. The molecule has 0 atom stereocenters. The number of urea groups is 1. The lowest BCUT2D eigenvalue weighted by molar-refractivity contribution is 0.173. The van der Waals surface area contributed by atoms with Gasteiger partial charge in [-0.25, -0.2) is 9.78 Å². The van der Waals surface area contributed by atoms with Gasteiger partial charge in [0.25, 0.3) is 0 Å². The summed E-state index contributed by atoms with van der Waals surface area (Å²) >= 11 is 4.94. The van der Waals surface area contributed by atoms with Crippen molar-refractivity contribution >= 4 is 35.4 Å². The zero-order valence-corrected chi connectivity index (χ0v) is 8.60. The van der Waals surface area contributed by atoms with Gasteiger partial charge in [-0.05, 0) is 0 Å². The Morgan fingerprint density at radius 1 is 1.69 bits per heavy atom. The van der Waals surface area contributed by atoms with Crippen LogP contribution in [0.4, 0.5) is 10.7 Å². The first-order valence-electron chi connectivity index (χ1n) is 4.02. The number of hydroxylamine groups is 1. The van der Waals surface area contributed by atoms with Gasteiger partial charge in [0.15, 0.2) is 5.65 Å². The summed E-state index contributed by atoms with van der Waals surface area (Å²) in [6, 6.07) is -1.08. The Morgan fingerprint density at radius 2 is 2.38 bits per heavy atom. The van der Waals surface area contributed by atoms with Crippen LogP contribution in [0.25, 0.3) is 11.2 Å². The fraction of sp³-hybridized carbons (Fsp3) is 0. The summed E-state index contributed by atoms with van der Waals surface area (Å²) < 4.78 is 1.18. The fourth-order valence-electron chi connectivity index (χ4n) is 1.16. The molecule has 0 radical (unpaired) electrons. The van der Waals surface area contributed by atoms with Crippen LogP contribution >= 0.6 is 12.2 Å². The SMILES string of the molecule is NC(=O)N(O)n1cnc2c(=S)[nH]c(N)nc21. The molecule has 0 aromatic carbocycles. The standard InChI is InChI=1S/C6H7N7O2S/c7-5-10-3-2(4(16)11-5)9-1-12(3)13(15)6(8)14/h1,15H,(H2,8,14)(H3,7,10,11,16). The second kappa shape index (κ2) is 3.43. The van der Waals surface area contributed by atoms with E-state index in [1.807, 2.05) is 0 Å². The van der Waals surface area contributed by atoms with Crippen molar-refractivity contribution in [3.63, 3.8) is 0 Å². The molecule has 10 heteroatoms. The van der Waals surface area contributed by atoms with Crippen molar-refractivity contribution < 1.29 is 10.0 Å². The van der Waals surface area contributed by atoms with E-state index in [2.05, 4.69) is 15.0 Å². The van der Waals surface area contributed by atoms with Crippen LogP contribution in [0.3, 0.4) is 0 Å². The topological polar surface area (TPSA) is 139 Å². The molecular formula is C6H7N7O2S. The highest BCUT2D eigenvalue weighted by molar-refractivity contribution is 7.71. The maximum absolute atomic E-state index is 10.8. The van der Waals surface area contributed by atoms with Crippen LogP contribution in [0, 0.1) is 4.64 Å². The van der Waals surface area contributed by atoms with Gasteiger partial charge in [0.2, 0.25) is 5.95 Å². The number of nitrogens with zero attached hydrogens (tertiary/aromatic N) is 4. The van der Waals surface area contributed by atoms with Gasteiger partial charge in [-0.3, -0.25) is 5.21 Å². The number of nitrogens with one attached hydrogen (secondary N) is 1. The Labute approximate surface area is 93.2 Å². The number of rotatable bonds is 1. The van der Waals surface area contributed by atoms with Crippen LogP contribution in [0.15, 0.2) is 6.33 Å². The maximum Gasteiger partial charge on any atom is 0.359 e. The third-order valence-corrected chi connectivity index (χ3v) is 2.10. The molecular weight excluding hydrogens is 234 g/mol. The highest BCUT2D eigenvalue weighted by Gasteiger charge is 2.14. The highest BCUT2D eigenvalue weighted by atomic mass is 32.1. The van der Waals surface area contributed by atoms with Crippen LogP contribution in [-0.4, -0.2) is 30.9 Å². The van der Waals surface area contributed by atoms with Crippen LogP contribution in [-0.2, 0) is 0 Å². The predicted molar refractivity (Wildman–Crippen MR) is 56.7 cm³/mol. The number of nitrogen functional groups attached to an aromatic ring is 1. The lowest BCUT2D eigenvalue weighted by Gasteiger charge is -2.12. The number of carbonyl (C=O) groups is 1. The van der Waals surface area contributed by atoms with Crippen LogP contribution in [0.1, 0.15) is 0 Å². The van der Waals surface area contributed by atoms with Gasteiger partial charge in [-0.1, -0.05) is 17.4 Å². The van der Waals surface area contributed by atoms with Crippen molar-refractivity contribution in [2.45, 2.75) is 0 Å². The van der Waals surface area contributed by atoms with Crippen molar-refractivity contribution in [2.75, 3.05) is 10.9 Å². The normalized spacial score (nSPS) is 10.6. The number of aromatic amines is 1. The van der Waals surface area contributed by atoms with E-state index in [-0.39, 0.29) is 21.4 Å². The number of hydrogen-bond donors (Lipinski definition) is 4. The zero-order chi connectivity index (χ0) is 11.9. The number of imidazole rings is 1. The summed E-state index contributed by atoms with van der Waals surface area (Å²) in [5, 5.41) is 9.47. The molecule has 0 saturated carbocycles. The molecule has 0 fully saturated rings. The third kappa shape index (κ3) is 1.45. The molecule has 2 heterocycles. The minimum atomic E-state index is -1.08.